The smallest absolute Gasteiger partial charge is 0.357 e. The molecule has 0 aliphatic rings. The van der Waals surface area contributed by atoms with Gasteiger partial charge in [0.2, 0.25) is 0 Å². The predicted octanol–water partition coefficient (Wildman–Crippen LogP) is 6.61. The summed E-state index contributed by atoms with van der Waals surface area (Å²) < 4.78 is 54.6. The highest BCUT2D eigenvalue weighted by atomic mass is 19.4. The summed E-state index contributed by atoms with van der Waals surface area (Å²) in [6, 6.07) is 13.0. The number of anilines is 1. The van der Waals surface area contributed by atoms with Crippen LogP contribution in [0.3, 0.4) is 0 Å². The van der Waals surface area contributed by atoms with Gasteiger partial charge in [-0.1, -0.05) is 30.3 Å². The lowest BCUT2D eigenvalue weighted by Crippen LogP contribution is -2.17. The van der Waals surface area contributed by atoms with Crippen LogP contribution in [0.2, 0.25) is 0 Å². The molecule has 7 heteroatoms. The highest BCUT2D eigenvalue weighted by Gasteiger charge is 2.31. The molecule has 4 aromatic rings. The van der Waals surface area contributed by atoms with Gasteiger partial charge >= 0.3 is 6.18 Å². The van der Waals surface area contributed by atoms with Crippen LogP contribution >= 0.6 is 0 Å². The summed E-state index contributed by atoms with van der Waals surface area (Å²) in [7, 11) is 0. The summed E-state index contributed by atoms with van der Waals surface area (Å²) in [5, 5.41) is 3.92. The number of rotatable bonds is 4. The molecule has 1 unspecified atom stereocenters. The van der Waals surface area contributed by atoms with Gasteiger partial charge in [0.1, 0.15) is 0 Å². The number of aryl methyl sites for hydroxylation is 2. The first kappa shape index (κ1) is 20.8. The molecule has 2 heterocycles. The van der Waals surface area contributed by atoms with Crippen LogP contribution in [0.1, 0.15) is 33.9 Å². The van der Waals surface area contributed by atoms with Gasteiger partial charge in [-0.15, -0.1) is 0 Å². The number of fused-ring (bicyclic) bond motifs is 1. The third-order valence-corrected chi connectivity index (χ3v) is 5.19. The van der Waals surface area contributed by atoms with Crippen LogP contribution in [0, 0.1) is 19.7 Å². The third-order valence-electron chi connectivity index (χ3n) is 5.19. The average Bonchev–Trinajstić information content (AvgIpc) is 2.74. The summed E-state index contributed by atoms with van der Waals surface area (Å²) in [6.45, 7) is 3.56. The van der Waals surface area contributed by atoms with E-state index in [2.05, 4.69) is 15.3 Å². The minimum Gasteiger partial charge on any atom is -0.357 e. The average molecular weight is 425 g/mol. The van der Waals surface area contributed by atoms with Gasteiger partial charge in [0, 0.05) is 17.8 Å². The maximum atomic E-state index is 14.5. The number of aromatic nitrogens is 2. The Morgan fingerprint density at radius 1 is 0.935 bits per heavy atom. The molecule has 0 saturated heterocycles. The van der Waals surface area contributed by atoms with E-state index in [4.69, 9.17) is 0 Å². The van der Waals surface area contributed by atoms with E-state index >= 15 is 0 Å². The van der Waals surface area contributed by atoms with Crippen molar-refractivity contribution in [2.45, 2.75) is 26.1 Å². The molecule has 2 aromatic heterocycles. The maximum absolute atomic E-state index is 14.5. The largest absolute Gasteiger partial charge is 0.416 e. The van der Waals surface area contributed by atoms with Crippen molar-refractivity contribution in [1.82, 2.24) is 9.97 Å². The fraction of sp³-hybridized carbons (Fsp3) is 0.167. The van der Waals surface area contributed by atoms with Crippen molar-refractivity contribution in [3.8, 4) is 0 Å². The molecular weight excluding hydrogens is 406 g/mol. The number of hydrogen-bond acceptors (Lipinski definition) is 3. The number of alkyl halides is 3. The lowest BCUT2D eigenvalue weighted by atomic mass is 9.92. The van der Waals surface area contributed by atoms with Gasteiger partial charge in [-0.2, -0.15) is 13.2 Å². The van der Waals surface area contributed by atoms with E-state index in [1.807, 2.05) is 31.2 Å². The zero-order valence-electron chi connectivity index (χ0n) is 16.8. The topological polar surface area (TPSA) is 37.8 Å². The molecule has 4 rings (SSSR count). The molecule has 31 heavy (non-hydrogen) atoms. The van der Waals surface area contributed by atoms with Crippen LogP contribution < -0.4 is 5.32 Å². The second kappa shape index (κ2) is 7.98. The van der Waals surface area contributed by atoms with Gasteiger partial charge in [0.25, 0.3) is 0 Å². The van der Waals surface area contributed by atoms with Gasteiger partial charge < -0.3 is 5.32 Å². The van der Waals surface area contributed by atoms with Crippen LogP contribution in [-0.4, -0.2) is 9.97 Å². The van der Waals surface area contributed by atoms with Crippen molar-refractivity contribution in [2.75, 3.05) is 5.32 Å². The molecule has 0 amide bonds. The second-order valence-electron chi connectivity index (χ2n) is 7.40. The van der Waals surface area contributed by atoms with Gasteiger partial charge in [-0.3, -0.25) is 4.98 Å². The monoisotopic (exact) mass is 425 g/mol. The molecule has 0 spiro atoms. The lowest BCUT2D eigenvalue weighted by Gasteiger charge is -2.24. The van der Waals surface area contributed by atoms with Gasteiger partial charge in [-0.05, 0) is 60.4 Å². The minimum absolute atomic E-state index is 0.0338. The second-order valence-corrected chi connectivity index (χ2v) is 7.40. The third kappa shape index (κ3) is 4.21. The summed E-state index contributed by atoms with van der Waals surface area (Å²) in [5.41, 5.74) is 2.43. The van der Waals surface area contributed by atoms with Crippen LogP contribution in [-0.2, 0) is 6.18 Å². The first-order chi connectivity index (χ1) is 14.7. The zero-order valence-corrected chi connectivity index (χ0v) is 16.8. The number of benzene rings is 2. The summed E-state index contributed by atoms with van der Waals surface area (Å²) in [6.07, 6.45) is -1.33. The Hall–Kier alpha value is -3.48. The fourth-order valence-electron chi connectivity index (χ4n) is 3.63. The molecule has 158 valence electrons. The molecule has 0 bridgehead atoms. The Kier molecular flexibility index (Phi) is 5.35. The SMILES string of the molecule is Cc1cnc(NC(c2cccc(C(F)(F)F)c2)c2ccc3cccnc3c2C)c(F)c1. The van der Waals surface area contributed by atoms with Gasteiger partial charge in [-0.25, -0.2) is 9.37 Å². The number of nitrogens with zero attached hydrogens (tertiary/aromatic N) is 2. The van der Waals surface area contributed by atoms with Crippen molar-refractivity contribution < 1.29 is 17.6 Å². The molecule has 0 radical (unpaired) electrons. The number of pyridine rings is 2. The first-order valence-corrected chi connectivity index (χ1v) is 9.64. The van der Waals surface area contributed by atoms with E-state index < -0.39 is 23.6 Å². The molecule has 3 nitrogen and oxygen atoms in total. The molecule has 0 saturated carbocycles. The van der Waals surface area contributed by atoms with Crippen molar-refractivity contribution >= 4 is 16.7 Å². The maximum Gasteiger partial charge on any atom is 0.416 e. The minimum atomic E-state index is -4.49. The van der Waals surface area contributed by atoms with Crippen LogP contribution in [0.25, 0.3) is 10.9 Å². The Balaban J connectivity index is 1.89. The van der Waals surface area contributed by atoms with Crippen LogP contribution in [0.15, 0.2) is 67.0 Å². The molecular formula is C24H19F4N3. The van der Waals surface area contributed by atoms with E-state index in [-0.39, 0.29) is 5.82 Å². The predicted molar refractivity (Wildman–Crippen MR) is 112 cm³/mol. The molecule has 1 N–H and O–H groups in total. The Labute approximate surface area is 176 Å². The quantitative estimate of drug-likeness (QED) is 0.374. The zero-order chi connectivity index (χ0) is 22.2. The van der Waals surface area contributed by atoms with Crippen molar-refractivity contribution in [1.29, 1.82) is 0 Å². The van der Waals surface area contributed by atoms with E-state index in [1.165, 1.54) is 18.3 Å². The van der Waals surface area contributed by atoms with Gasteiger partial charge in [0.15, 0.2) is 11.6 Å². The highest BCUT2D eigenvalue weighted by Crippen LogP contribution is 2.35. The molecule has 0 aliphatic carbocycles. The standard InChI is InChI=1S/C24H19F4N3/c1-14-11-20(25)23(30-13-14)31-22(17-5-3-7-18(12-17)24(26,27)28)19-9-8-16-6-4-10-29-21(16)15(19)2/h3-13,22H,1-2H3,(H,30,31). The van der Waals surface area contributed by atoms with E-state index in [0.29, 0.717) is 16.7 Å². The first-order valence-electron chi connectivity index (χ1n) is 9.64. The van der Waals surface area contributed by atoms with Crippen LogP contribution in [0.4, 0.5) is 23.4 Å². The normalized spacial score (nSPS) is 12.7. The summed E-state index contributed by atoms with van der Waals surface area (Å²) in [5.74, 6) is -0.609. The molecule has 0 aliphatic heterocycles. The number of nitrogens with one attached hydrogen (secondary N) is 1. The Bertz CT molecular complexity index is 1250. The fourth-order valence-corrected chi connectivity index (χ4v) is 3.63. The van der Waals surface area contributed by atoms with Crippen molar-refractivity contribution in [2.24, 2.45) is 0 Å². The van der Waals surface area contributed by atoms with Crippen molar-refractivity contribution in [3.63, 3.8) is 0 Å². The van der Waals surface area contributed by atoms with E-state index in [9.17, 15) is 17.6 Å². The Morgan fingerprint density at radius 2 is 1.74 bits per heavy atom. The molecule has 1 atom stereocenters. The summed E-state index contributed by atoms with van der Waals surface area (Å²) in [4.78, 5) is 8.52. The molecule has 0 fully saturated rings. The van der Waals surface area contributed by atoms with Gasteiger partial charge in [0.05, 0.1) is 17.1 Å². The van der Waals surface area contributed by atoms with Crippen LogP contribution in [0.5, 0.6) is 0 Å². The number of halogens is 4. The summed E-state index contributed by atoms with van der Waals surface area (Å²) >= 11 is 0. The highest BCUT2D eigenvalue weighted by molar-refractivity contribution is 5.83. The van der Waals surface area contributed by atoms with E-state index in [1.54, 1.807) is 19.2 Å². The van der Waals surface area contributed by atoms with Crippen molar-refractivity contribution in [3.05, 3.63) is 101 Å². The van der Waals surface area contributed by atoms with E-state index in [0.717, 1.165) is 28.6 Å². The molecule has 2 aromatic carbocycles. The number of hydrogen-bond donors (Lipinski definition) is 1. The lowest BCUT2D eigenvalue weighted by molar-refractivity contribution is -0.137. The Morgan fingerprint density at radius 3 is 2.48 bits per heavy atom.